The molecule has 1 aromatic carbocycles. The van der Waals surface area contributed by atoms with E-state index in [1.54, 1.807) is 11.3 Å². The van der Waals surface area contributed by atoms with Crippen LogP contribution in [0.15, 0.2) is 46.8 Å². The Bertz CT molecular complexity index is 756. The Balaban J connectivity index is 1.60. The van der Waals surface area contributed by atoms with Crippen LogP contribution in [0.4, 0.5) is 0 Å². The maximum atomic E-state index is 12.6. The summed E-state index contributed by atoms with van der Waals surface area (Å²) in [5.74, 6) is 0.850. The number of thiophene rings is 1. The molecule has 0 saturated heterocycles. The van der Waals surface area contributed by atoms with Gasteiger partial charge in [-0.1, -0.05) is 30.3 Å². The van der Waals surface area contributed by atoms with E-state index in [0.29, 0.717) is 6.54 Å². The Kier molecular flexibility index (Phi) is 6.28. The number of hydrogen-bond acceptors (Lipinski definition) is 3. The van der Waals surface area contributed by atoms with Crippen molar-refractivity contribution < 1.29 is 4.79 Å². The summed E-state index contributed by atoms with van der Waals surface area (Å²) in [6.45, 7) is 5.25. The summed E-state index contributed by atoms with van der Waals surface area (Å²) in [6, 6.07) is 12.4. The number of nitrogens with zero attached hydrogens (tertiary/aromatic N) is 3. The standard InChI is InChI=1S/C20H26N4OS/c1-3-21-20(23(2)14-16-7-5-4-6-8-16)22-13-19(25)24-11-9-18-17(15-24)10-12-26-18/h4-8,10,12H,3,9,11,13-15H2,1-2H3,(H,21,22). The Hall–Kier alpha value is -2.34. The van der Waals surface area contributed by atoms with Gasteiger partial charge in [0.2, 0.25) is 5.91 Å². The van der Waals surface area contributed by atoms with Crippen molar-refractivity contribution in [1.82, 2.24) is 15.1 Å². The highest BCUT2D eigenvalue weighted by Gasteiger charge is 2.21. The molecule has 1 aliphatic rings. The average Bonchev–Trinajstić information content (AvgIpc) is 3.13. The molecule has 0 aliphatic carbocycles. The summed E-state index contributed by atoms with van der Waals surface area (Å²) in [6.07, 6.45) is 0.955. The number of rotatable bonds is 5. The van der Waals surface area contributed by atoms with Crippen LogP contribution in [0.3, 0.4) is 0 Å². The lowest BCUT2D eigenvalue weighted by Crippen LogP contribution is -2.41. The van der Waals surface area contributed by atoms with Crippen LogP contribution in [0.1, 0.15) is 22.9 Å². The molecule has 6 heteroatoms. The molecule has 0 fully saturated rings. The third kappa shape index (κ3) is 4.64. The van der Waals surface area contributed by atoms with Crippen molar-refractivity contribution in [2.45, 2.75) is 26.4 Å². The number of hydrogen-bond donors (Lipinski definition) is 1. The molecular formula is C20H26N4OS. The van der Waals surface area contributed by atoms with Crippen molar-refractivity contribution in [3.8, 4) is 0 Å². The number of amides is 1. The molecule has 1 amide bonds. The second kappa shape index (κ2) is 8.85. The fourth-order valence-corrected chi connectivity index (χ4v) is 4.00. The Morgan fingerprint density at radius 3 is 2.88 bits per heavy atom. The minimum atomic E-state index is 0.0883. The number of guanidine groups is 1. The normalized spacial score (nSPS) is 14.1. The van der Waals surface area contributed by atoms with Crippen molar-refractivity contribution >= 4 is 23.2 Å². The second-order valence-electron chi connectivity index (χ2n) is 6.45. The van der Waals surface area contributed by atoms with Gasteiger partial charge in [0.05, 0.1) is 0 Å². The first kappa shape index (κ1) is 18.5. The molecule has 3 rings (SSSR count). The van der Waals surface area contributed by atoms with Crippen molar-refractivity contribution in [2.24, 2.45) is 4.99 Å². The van der Waals surface area contributed by atoms with Crippen LogP contribution in [0.2, 0.25) is 0 Å². The quantitative estimate of drug-likeness (QED) is 0.650. The van der Waals surface area contributed by atoms with Crippen LogP contribution >= 0.6 is 11.3 Å². The molecule has 1 aromatic heterocycles. The number of nitrogens with one attached hydrogen (secondary N) is 1. The molecule has 0 radical (unpaired) electrons. The van der Waals surface area contributed by atoms with Crippen molar-refractivity contribution in [3.05, 3.63) is 57.8 Å². The molecule has 0 atom stereocenters. The van der Waals surface area contributed by atoms with Gasteiger partial charge in [-0.05, 0) is 35.9 Å². The molecule has 0 spiro atoms. The lowest BCUT2D eigenvalue weighted by molar-refractivity contribution is -0.130. The Morgan fingerprint density at radius 1 is 1.31 bits per heavy atom. The van der Waals surface area contributed by atoms with Gasteiger partial charge in [-0.25, -0.2) is 4.99 Å². The summed E-state index contributed by atoms with van der Waals surface area (Å²) in [5.41, 5.74) is 2.50. The van der Waals surface area contributed by atoms with Crippen LogP contribution in [0.25, 0.3) is 0 Å². The first-order chi connectivity index (χ1) is 12.7. The van der Waals surface area contributed by atoms with Crippen molar-refractivity contribution in [3.63, 3.8) is 0 Å². The molecule has 2 aromatic rings. The minimum absolute atomic E-state index is 0.0883. The first-order valence-corrected chi connectivity index (χ1v) is 9.91. The van der Waals surface area contributed by atoms with E-state index < -0.39 is 0 Å². The lowest BCUT2D eigenvalue weighted by Gasteiger charge is -2.27. The van der Waals surface area contributed by atoms with E-state index in [1.165, 1.54) is 16.0 Å². The van der Waals surface area contributed by atoms with E-state index in [0.717, 1.165) is 32.0 Å². The van der Waals surface area contributed by atoms with Gasteiger partial charge in [0.1, 0.15) is 6.54 Å². The highest BCUT2D eigenvalue weighted by atomic mass is 32.1. The summed E-state index contributed by atoms with van der Waals surface area (Å²) in [5, 5.41) is 5.39. The molecule has 0 bridgehead atoms. The van der Waals surface area contributed by atoms with E-state index >= 15 is 0 Å². The molecule has 5 nitrogen and oxygen atoms in total. The average molecular weight is 371 g/mol. The molecular weight excluding hydrogens is 344 g/mol. The third-order valence-electron chi connectivity index (χ3n) is 4.48. The molecule has 138 valence electrons. The monoisotopic (exact) mass is 370 g/mol. The topological polar surface area (TPSA) is 47.9 Å². The highest BCUT2D eigenvalue weighted by molar-refractivity contribution is 7.10. The van der Waals surface area contributed by atoms with Gasteiger partial charge in [0.25, 0.3) is 0 Å². The molecule has 1 N–H and O–H groups in total. The summed E-state index contributed by atoms with van der Waals surface area (Å²) >= 11 is 1.79. The number of aliphatic imine (C=N–C) groups is 1. The van der Waals surface area contributed by atoms with E-state index in [9.17, 15) is 4.79 Å². The first-order valence-electron chi connectivity index (χ1n) is 9.03. The van der Waals surface area contributed by atoms with Crippen LogP contribution in [-0.4, -0.2) is 48.3 Å². The van der Waals surface area contributed by atoms with Crippen LogP contribution < -0.4 is 5.32 Å². The number of fused-ring (bicyclic) bond motifs is 1. The SMILES string of the molecule is CCNC(=NCC(=O)N1CCc2sccc2C1)N(C)Cc1ccccc1. The fraction of sp³-hybridized carbons (Fsp3) is 0.400. The predicted octanol–water partition coefficient (Wildman–Crippen LogP) is 2.73. The van der Waals surface area contributed by atoms with E-state index in [-0.39, 0.29) is 12.5 Å². The van der Waals surface area contributed by atoms with Gasteiger partial charge in [-0.2, -0.15) is 0 Å². The maximum Gasteiger partial charge on any atom is 0.244 e. The van der Waals surface area contributed by atoms with E-state index in [2.05, 4.69) is 38.8 Å². The second-order valence-corrected chi connectivity index (χ2v) is 7.45. The predicted molar refractivity (Wildman–Crippen MR) is 107 cm³/mol. The maximum absolute atomic E-state index is 12.6. The van der Waals surface area contributed by atoms with Gasteiger partial charge >= 0.3 is 0 Å². The van der Waals surface area contributed by atoms with E-state index in [4.69, 9.17) is 0 Å². The minimum Gasteiger partial charge on any atom is -0.357 e. The van der Waals surface area contributed by atoms with Crippen LogP contribution in [0.5, 0.6) is 0 Å². The zero-order valence-corrected chi connectivity index (χ0v) is 16.3. The number of carbonyl (C=O) groups is 1. The number of benzene rings is 1. The number of carbonyl (C=O) groups excluding carboxylic acids is 1. The smallest absolute Gasteiger partial charge is 0.244 e. The van der Waals surface area contributed by atoms with Gasteiger partial charge in [-0.15, -0.1) is 11.3 Å². The molecule has 1 aliphatic heterocycles. The Labute approximate surface area is 159 Å². The fourth-order valence-electron chi connectivity index (χ4n) is 3.11. The van der Waals surface area contributed by atoms with Crippen molar-refractivity contribution in [1.29, 1.82) is 0 Å². The molecule has 2 heterocycles. The molecule has 0 saturated carbocycles. The zero-order chi connectivity index (χ0) is 18.4. The van der Waals surface area contributed by atoms with Gasteiger partial charge in [0, 0.05) is 38.1 Å². The van der Waals surface area contributed by atoms with Crippen molar-refractivity contribution in [2.75, 3.05) is 26.7 Å². The highest BCUT2D eigenvalue weighted by Crippen LogP contribution is 2.23. The summed E-state index contributed by atoms with van der Waals surface area (Å²) in [4.78, 5) is 22.5. The van der Waals surface area contributed by atoms with E-state index in [1.807, 2.05) is 37.1 Å². The molecule has 26 heavy (non-hydrogen) atoms. The van der Waals surface area contributed by atoms with Gasteiger partial charge in [0.15, 0.2) is 5.96 Å². The lowest BCUT2D eigenvalue weighted by atomic mass is 10.1. The van der Waals surface area contributed by atoms with Gasteiger partial charge < -0.3 is 15.1 Å². The largest absolute Gasteiger partial charge is 0.357 e. The molecule has 0 unspecified atom stereocenters. The van der Waals surface area contributed by atoms with Gasteiger partial charge in [-0.3, -0.25) is 4.79 Å². The Morgan fingerprint density at radius 2 is 2.12 bits per heavy atom. The van der Waals surface area contributed by atoms with Crippen LogP contribution in [0, 0.1) is 0 Å². The van der Waals surface area contributed by atoms with Crippen LogP contribution in [-0.2, 0) is 24.3 Å². The summed E-state index contributed by atoms with van der Waals surface area (Å²) in [7, 11) is 2.00. The third-order valence-corrected chi connectivity index (χ3v) is 5.51. The zero-order valence-electron chi connectivity index (χ0n) is 15.4. The summed E-state index contributed by atoms with van der Waals surface area (Å²) < 4.78 is 0.